The van der Waals surface area contributed by atoms with Crippen LogP contribution in [0, 0.1) is 20.8 Å². The van der Waals surface area contributed by atoms with Crippen molar-refractivity contribution in [1.82, 2.24) is 9.47 Å². The second-order valence-corrected chi connectivity index (χ2v) is 13.2. The molecule has 1 amide bonds. The molecular weight excluding hydrogens is 578 g/mol. The van der Waals surface area contributed by atoms with Crippen molar-refractivity contribution in [3.63, 3.8) is 0 Å². The van der Waals surface area contributed by atoms with Gasteiger partial charge in [-0.15, -0.1) is 0 Å². The number of hydrogen-bond donors (Lipinski definition) is 0. The van der Waals surface area contributed by atoms with Gasteiger partial charge in [-0.1, -0.05) is 71.8 Å². The highest BCUT2D eigenvalue weighted by atomic mass is 16.5. The van der Waals surface area contributed by atoms with E-state index in [0.717, 1.165) is 43.7 Å². The van der Waals surface area contributed by atoms with Gasteiger partial charge in [-0.25, -0.2) is 0 Å². The first-order chi connectivity index (χ1) is 22.9. The number of hydrogen-bond acceptors (Lipinski definition) is 3. The third-order valence-corrected chi connectivity index (χ3v) is 9.89. The van der Waals surface area contributed by atoms with Crippen LogP contribution in [0.1, 0.15) is 46.3 Å². The number of amides is 1. The fraction of sp³-hybridized carbons (Fsp3) is 0.238. The van der Waals surface area contributed by atoms with Crippen molar-refractivity contribution in [3.8, 4) is 28.0 Å². The number of fused-ring (bicyclic) bond motifs is 5. The van der Waals surface area contributed by atoms with Crippen molar-refractivity contribution in [1.29, 1.82) is 0 Å². The highest BCUT2D eigenvalue weighted by Crippen LogP contribution is 2.37. The number of benzene rings is 5. The Morgan fingerprint density at radius 1 is 0.745 bits per heavy atom. The summed E-state index contributed by atoms with van der Waals surface area (Å²) in [5.41, 5.74) is 12.2. The van der Waals surface area contributed by atoms with Gasteiger partial charge in [0.2, 0.25) is 0 Å². The Morgan fingerprint density at radius 2 is 1.34 bits per heavy atom. The topological polar surface area (TPSA) is 46.8 Å². The maximum absolute atomic E-state index is 13.2. The first-order valence-corrected chi connectivity index (χ1v) is 16.8. The minimum Gasteiger partial charge on any atom is -0.493 e. The van der Waals surface area contributed by atoms with Crippen molar-refractivity contribution in [2.24, 2.45) is 4.99 Å². The monoisotopic (exact) mass is 617 g/mol. The first-order valence-electron chi connectivity index (χ1n) is 16.8. The summed E-state index contributed by atoms with van der Waals surface area (Å²) < 4.78 is 8.79. The average molecular weight is 618 g/mol. The van der Waals surface area contributed by atoms with Gasteiger partial charge in [0, 0.05) is 47.2 Å². The van der Waals surface area contributed by atoms with E-state index in [1.807, 2.05) is 30.2 Å². The highest BCUT2D eigenvalue weighted by molar-refractivity contribution is 6.10. The summed E-state index contributed by atoms with van der Waals surface area (Å²) in [6.07, 6.45) is 4.79. The van der Waals surface area contributed by atoms with Crippen LogP contribution in [-0.4, -0.2) is 40.8 Å². The maximum Gasteiger partial charge on any atom is 0.256 e. The van der Waals surface area contributed by atoms with Crippen molar-refractivity contribution in [2.75, 3.05) is 13.2 Å². The molecule has 47 heavy (non-hydrogen) atoms. The molecule has 5 heteroatoms. The van der Waals surface area contributed by atoms with Gasteiger partial charge in [0.1, 0.15) is 5.75 Å². The van der Waals surface area contributed by atoms with Crippen LogP contribution in [0.5, 0.6) is 5.75 Å². The Morgan fingerprint density at radius 3 is 1.96 bits per heavy atom. The molecule has 6 aromatic rings. The molecule has 0 radical (unpaired) electrons. The van der Waals surface area contributed by atoms with Crippen LogP contribution in [0.3, 0.4) is 0 Å². The molecule has 0 spiro atoms. The van der Waals surface area contributed by atoms with Crippen LogP contribution in [-0.2, 0) is 6.54 Å². The molecule has 1 fully saturated rings. The van der Waals surface area contributed by atoms with E-state index < -0.39 is 0 Å². The van der Waals surface area contributed by atoms with Crippen LogP contribution in [0.15, 0.2) is 102 Å². The summed E-state index contributed by atoms with van der Waals surface area (Å²) in [6.45, 7) is 8.46. The zero-order chi connectivity index (χ0) is 32.1. The number of aliphatic imine (C=N–C) groups is 1. The lowest BCUT2D eigenvalue weighted by atomic mass is 9.99. The number of carbonyl (C=O) groups is 1. The molecule has 3 heterocycles. The Kier molecular flexibility index (Phi) is 7.40. The SMILES string of the molecule is Cc1ccc(-c2ccc3c(c2)c2cc(-c4ccc(C)cc4)ccc2n3CCCOc2cc3c(cc2C)C(=O)N2CCC[C@H]2C=N3)cc1. The van der Waals surface area contributed by atoms with Gasteiger partial charge in [-0.05, 0) is 98.2 Å². The summed E-state index contributed by atoms with van der Waals surface area (Å²) in [4.78, 5) is 19.9. The zero-order valence-corrected chi connectivity index (χ0v) is 27.3. The second kappa shape index (κ2) is 11.9. The summed E-state index contributed by atoms with van der Waals surface area (Å²) in [7, 11) is 0. The molecule has 8 rings (SSSR count). The molecule has 0 bridgehead atoms. The standard InChI is InChI=1S/C42H39N3O2/c1-27-7-11-30(12-8-27)32-15-17-39-35(23-32)36-24-33(31-13-9-28(2)10-14-31)16-18-40(36)45(39)20-5-21-47-41-25-38-37(22-29(41)3)42(46)44-19-4-6-34(44)26-43-38/h7-18,22-26,34H,4-6,19-21H2,1-3H3/t34-/m0/s1. The van der Waals surface area contributed by atoms with Gasteiger partial charge < -0.3 is 14.2 Å². The molecule has 234 valence electrons. The van der Waals surface area contributed by atoms with Crippen molar-refractivity contribution < 1.29 is 9.53 Å². The van der Waals surface area contributed by atoms with Crippen LogP contribution in [0.2, 0.25) is 0 Å². The van der Waals surface area contributed by atoms with Crippen LogP contribution in [0.4, 0.5) is 5.69 Å². The zero-order valence-electron chi connectivity index (χ0n) is 27.3. The molecule has 0 saturated carbocycles. The van der Waals surface area contributed by atoms with Crippen molar-refractivity contribution in [2.45, 2.75) is 52.6 Å². The van der Waals surface area contributed by atoms with Gasteiger partial charge in [0.05, 0.1) is 23.9 Å². The largest absolute Gasteiger partial charge is 0.493 e. The number of ether oxygens (including phenoxy) is 1. The Bertz CT molecular complexity index is 2070. The van der Waals surface area contributed by atoms with Crippen LogP contribution >= 0.6 is 0 Å². The molecule has 1 atom stereocenters. The Hall–Kier alpha value is -5.16. The lowest BCUT2D eigenvalue weighted by molar-refractivity contribution is 0.0774. The van der Waals surface area contributed by atoms with E-state index in [-0.39, 0.29) is 11.9 Å². The van der Waals surface area contributed by atoms with Gasteiger partial charge >= 0.3 is 0 Å². The van der Waals surface area contributed by atoms with Gasteiger partial charge in [-0.3, -0.25) is 9.79 Å². The maximum atomic E-state index is 13.2. The predicted molar refractivity (Wildman–Crippen MR) is 193 cm³/mol. The van der Waals surface area contributed by atoms with E-state index in [2.05, 4.69) is 103 Å². The van der Waals surface area contributed by atoms with E-state index in [0.29, 0.717) is 17.9 Å². The third-order valence-electron chi connectivity index (χ3n) is 9.89. The number of aryl methyl sites for hydroxylation is 4. The lowest BCUT2D eigenvalue weighted by Gasteiger charge is -2.20. The fourth-order valence-electron chi connectivity index (χ4n) is 7.23. The second-order valence-electron chi connectivity index (χ2n) is 13.2. The van der Waals surface area contributed by atoms with Crippen molar-refractivity contribution >= 4 is 39.6 Å². The van der Waals surface area contributed by atoms with Crippen LogP contribution in [0.25, 0.3) is 44.1 Å². The third kappa shape index (κ3) is 5.40. The fourth-order valence-corrected chi connectivity index (χ4v) is 7.23. The van der Waals surface area contributed by atoms with E-state index in [1.165, 1.54) is 55.2 Å². The van der Waals surface area contributed by atoms with E-state index >= 15 is 0 Å². The van der Waals surface area contributed by atoms with Crippen LogP contribution < -0.4 is 4.74 Å². The molecule has 2 aliphatic rings. The average Bonchev–Trinajstić information content (AvgIpc) is 3.65. The summed E-state index contributed by atoms with van der Waals surface area (Å²) in [5, 5.41) is 2.52. The minimum atomic E-state index is 0.0806. The Balaban J connectivity index is 1.09. The molecule has 5 nitrogen and oxygen atoms in total. The van der Waals surface area contributed by atoms with Gasteiger partial charge in [-0.2, -0.15) is 0 Å². The number of aromatic nitrogens is 1. The van der Waals surface area contributed by atoms with Gasteiger partial charge in [0.25, 0.3) is 5.91 Å². The number of nitrogens with zero attached hydrogens (tertiary/aromatic N) is 3. The molecule has 5 aromatic carbocycles. The first kappa shape index (κ1) is 29.3. The van der Waals surface area contributed by atoms with E-state index in [4.69, 9.17) is 9.73 Å². The van der Waals surface area contributed by atoms with E-state index in [9.17, 15) is 4.79 Å². The quantitative estimate of drug-likeness (QED) is 0.167. The molecule has 0 aliphatic carbocycles. The molecule has 1 saturated heterocycles. The number of rotatable bonds is 7. The number of carbonyl (C=O) groups excluding carboxylic acids is 1. The normalized spacial score (nSPS) is 15.7. The molecule has 1 aromatic heterocycles. The van der Waals surface area contributed by atoms with E-state index in [1.54, 1.807) is 0 Å². The lowest BCUT2D eigenvalue weighted by Crippen LogP contribution is -2.35. The molecule has 0 unspecified atom stereocenters. The highest BCUT2D eigenvalue weighted by Gasteiger charge is 2.32. The minimum absolute atomic E-state index is 0.0806. The molecule has 0 N–H and O–H groups in total. The molecule has 2 aliphatic heterocycles. The predicted octanol–water partition coefficient (Wildman–Crippen LogP) is 9.84. The van der Waals surface area contributed by atoms with Gasteiger partial charge in [0.15, 0.2) is 0 Å². The molecular formula is C42H39N3O2. The Labute approximate surface area is 276 Å². The van der Waals surface area contributed by atoms with Crippen molar-refractivity contribution in [3.05, 3.63) is 119 Å². The summed E-state index contributed by atoms with van der Waals surface area (Å²) >= 11 is 0. The summed E-state index contributed by atoms with van der Waals surface area (Å²) in [6, 6.07) is 35.3. The smallest absolute Gasteiger partial charge is 0.256 e. The summed E-state index contributed by atoms with van der Waals surface area (Å²) in [5.74, 6) is 0.876.